The Kier molecular flexibility index (Phi) is 5.71. The molecule has 9 nitrogen and oxygen atoms in total. The van der Waals surface area contributed by atoms with Gasteiger partial charge in [0.2, 0.25) is 17.8 Å². The van der Waals surface area contributed by atoms with E-state index < -0.39 is 11.7 Å². The summed E-state index contributed by atoms with van der Waals surface area (Å²) in [5, 5.41) is 6.68. The van der Waals surface area contributed by atoms with Gasteiger partial charge in [0.1, 0.15) is 5.82 Å². The molecule has 0 radical (unpaired) electrons. The van der Waals surface area contributed by atoms with Gasteiger partial charge in [0.25, 0.3) is 5.78 Å². The molecule has 152 valence electrons. The molecular formula is C19H22FN7O2. The number of amides is 2. The van der Waals surface area contributed by atoms with E-state index in [-0.39, 0.29) is 24.8 Å². The van der Waals surface area contributed by atoms with Gasteiger partial charge in [0, 0.05) is 30.5 Å². The number of fused-ring (bicyclic) bond motifs is 1. The maximum Gasteiger partial charge on any atom is 0.254 e. The largest absolute Gasteiger partial charge is 0.366 e. The van der Waals surface area contributed by atoms with E-state index in [0.29, 0.717) is 17.9 Å². The van der Waals surface area contributed by atoms with Crippen LogP contribution in [0.2, 0.25) is 0 Å². The third-order valence-corrected chi connectivity index (χ3v) is 4.57. The van der Waals surface area contributed by atoms with Crippen LogP contribution in [0.4, 0.5) is 16.0 Å². The number of rotatable bonds is 6. The predicted molar refractivity (Wildman–Crippen MR) is 106 cm³/mol. The number of hydrogen-bond donors (Lipinski definition) is 2. The number of carbonyl (C=O) groups excluding carboxylic acids is 2. The van der Waals surface area contributed by atoms with Crippen LogP contribution in [-0.2, 0) is 16.0 Å². The summed E-state index contributed by atoms with van der Waals surface area (Å²) in [6.07, 6.45) is 0.637. The zero-order chi connectivity index (χ0) is 21.1. The van der Waals surface area contributed by atoms with Gasteiger partial charge in [-0.05, 0) is 44.0 Å². The van der Waals surface area contributed by atoms with E-state index in [4.69, 9.17) is 5.73 Å². The Labute approximate surface area is 166 Å². The summed E-state index contributed by atoms with van der Waals surface area (Å²) >= 11 is 0. The molecule has 0 spiro atoms. The number of nitrogens with zero attached hydrogens (tertiary/aromatic N) is 5. The molecule has 2 aromatic heterocycles. The molecular weight excluding hydrogens is 377 g/mol. The number of aromatic nitrogens is 4. The monoisotopic (exact) mass is 399 g/mol. The fourth-order valence-corrected chi connectivity index (χ4v) is 3.08. The first-order valence-electron chi connectivity index (χ1n) is 9.02. The van der Waals surface area contributed by atoms with Gasteiger partial charge in [0.15, 0.2) is 0 Å². The summed E-state index contributed by atoms with van der Waals surface area (Å²) in [5.74, 6) is -0.495. The number of hydrogen-bond acceptors (Lipinski definition) is 6. The van der Waals surface area contributed by atoms with Crippen molar-refractivity contribution in [1.29, 1.82) is 0 Å². The minimum absolute atomic E-state index is 0.135. The lowest BCUT2D eigenvalue weighted by Crippen LogP contribution is -2.35. The molecule has 0 fully saturated rings. The molecule has 0 aliphatic heterocycles. The molecule has 29 heavy (non-hydrogen) atoms. The summed E-state index contributed by atoms with van der Waals surface area (Å²) in [5.41, 5.74) is 8.42. The lowest BCUT2D eigenvalue weighted by Gasteiger charge is -2.17. The second-order valence-corrected chi connectivity index (χ2v) is 6.75. The smallest absolute Gasteiger partial charge is 0.254 e. The maximum atomic E-state index is 13.2. The molecule has 0 saturated heterocycles. The Morgan fingerprint density at radius 3 is 2.76 bits per heavy atom. The molecule has 2 heterocycles. The van der Waals surface area contributed by atoms with Crippen LogP contribution < -0.4 is 11.1 Å². The van der Waals surface area contributed by atoms with E-state index in [1.807, 2.05) is 13.8 Å². The topological polar surface area (TPSA) is 119 Å². The van der Waals surface area contributed by atoms with Crippen LogP contribution in [0.3, 0.4) is 0 Å². The van der Waals surface area contributed by atoms with E-state index in [9.17, 15) is 14.0 Å². The van der Waals surface area contributed by atoms with Gasteiger partial charge in [-0.1, -0.05) is 6.07 Å². The fraction of sp³-hybridized carbons (Fsp3) is 0.316. The number of nitrogen functional groups attached to an aromatic ring is 1. The van der Waals surface area contributed by atoms with Gasteiger partial charge in [-0.25, -0.2) is 9.37 Å². The minimum atomic E-state index is -0.447. The Bertz CT molecular complexity index is 1080. The molecule has 0 aliphatic carbocycles. The fourth-order valence-electron chi connectivity index (χ4n) is 3.08. The Morgan fingerprint density at radius 1 is 1.28 bits per heavy atom. The second kappa shape index (κ2) is 8.21. The molecule has 0 atom stereocenters. The number of nitrogens with two attached hydrogens (primary N) is 1. The average molecular weight is 399 g/mol. The Morgan fingerprint density at radius 2 is 2.03 bits per heavy atom. The Balaban J connectivity index is 1.60. The number of aryl methyl sites for hydroxylation is 2. The second-order valence-electron chi connectivity index (χ2n) is 6.75. The van der Waals surface area contributed by atoms with Crippen molar-refractivity contribution in [1.82, 2.24) is 24.5 Å². The van der Waals surface area contributed by atoms with Gasteiger partial charge in [-0.2, -0.15) is 9.50 Å². The summed E-state index contributed by atoms with van der Waals surface area (Å²) in [6.45, 7) is 3.57. The molecule has 3 aromatic rings. The standard InChI is InChI=1S/C19H22FN7O2/c1-11-15(12(2)27-19(22-11)24-18(21)25-27)7-8-17(29)26(3)10-16(28)23-14-6-4-5-13(20)9-14/h4-6,9H,7-8,10H2,1-3H3,(H2,21,25)(H,23,28). The molecule has 10 heteroatoms. The first-order valence-corrected chi connectivity index (χ1v) is 9.02. The van der Waals surface area contributed by atoms with Crippen LogP contribution in [0.25, 0.3) is 5.78 Å². The van der Waals surface area contributed by atoms with Gasteiger partial charge in [-0.15, -0.1) is 5.10 Å². The molecule has 0 saturated carbocycles. The number of benzene rings is 1. The van der Waals surface area contributed by atoms with Gasteiger partial charge < -0.3 is 16.0 Å². The normalized spacial score (nSPS) is 10.9. The first kappa shape index (κ1) is 20.2. The third-order valence-electron chi connectivity index (χ3n) is 4.57. The number of carbonyl (C=O) groups is 2. The zero-order valence-corrected chi connectivity index (χ0v) is 16.4. The van der Waals surface area contributed by atoms with Crippen molar-refractivity contribution < 1.29 is 14.0 Å². The van der Waals surface area contributed by atoms with Crippen molar-refractivity contribution in [2.75, 3.05) is 24.6 Å². The van der Waals surface area contributed by atoms with Crippen LogP contribution in [0.5, 0.6) is 0 Å². The van der Waals surface area contributed by atoms with Gasteiger partial charge in [0.05, 0.1) is 6.54 Å². The molecule has 3 N–H and O–H groups in total. The lowest BCUT2D eigenvalue weighted by molar-refractivity contribution is -0.133. The average Bonchev–Trinajstić information content (AvgIpc) is 3.01. The highest BCUT2D eigenvalue weighted by molar-refractivity contribution is 5.94. The third kappa shape index (κ3) is 4.65. The Hall–Kier alpha value is -3.56. The summed E-state index contributed by atoms with van der Waals surface area (Å²) in [7, 11) is 1.55. The minimum Gasteiger partial charge on any atom is -0.366 e. The van der Waals surface area contributed by atoms with Gasteiger partial charge in [-0.3, -0.25) is 9.59 Å². The van der Waals surface area contributed by atoms with Crippen molar-refractivity contribution in [3.8, 4) is 0 Å². The highest BCUT2D eigenvalue weighted by Crippen LogP contribution is 2.16. The van der Waals surface area contributed by atoms with Gasteiger partial charge >= 0.3 is 0 Å². The number of halogens is 1. The first-order chi connectivity index (χ1) is 13.7. The molecule has 1 aromatic carbocycles. The van der Waals surface area contributed by atoms with Crippen molar-refractivity contribution in [2.24, 2.45) is 0 Å². The quantitative estimate of drug-likeness (QED) is 0.648. The molecule has 2 amide bonds. The summed E-state index contributed by atoms with van der Waals surface area (Å²) < 4.78 is 14.7. The molecule has 3 rings (SSSR count). The molecule has 0 unspecified atom stereocenters. The van der Waals surface area contributed by atoms with Crippen molar-refractivity contribution >= 4 is 29.2 Å². The van der Waals surface area contributed by atoms with Crippen LogP contribution in [0, 0.1) is 19.7 Å². The van der Waals surface area contributed by atoms with Crippen LogP contribution in [-0.4, -0.2) is 49.9 Å². The molecule has 0 aliphatic rings. The number of likely N-dealkylation sites (N-methyl/N-ethyl adjacent to an activating group) is 1. The summed E-state index contributed by atoms with van der Waals surface area (Å²) in [4.78, 5) is 34.3. The van der Waals surface area contributed by atoms with E-state index in [1.165, 1.54) is 23.1 Å². The van der Waals surface area contributed by atoms with E-state index >= 15 is 0 Å². The van der Waals surface area contributed by atoms with E-state index in [0.717, 1.165) is 17.0 Å². The SMILES string of the molecule is Cc1nc2nc(N)nn2c(C)c1CCC(=O)N(C)CC(=O)Nc1cccc(F)c1. The van der Waals surface area contributed by atoms with Crippen LogP contribution >= 0.6 is 0 Å². The molecule has 0 bridgehead atoms. The number of anilines is 2. The highest BCUT2D eigenvalue weighted by atomic mass is 19.1. The van der Waals surface area contributed by atoms with Crippen LogP contribution in [0.1, 0.15) is 23.4 Å². The van der Waals surface area contributed by atoms with E-state index in [1.54, 1.807) is 17.6 Å². The maximum absolute atomic E-state index is 13.2. The zero-order valence-electron chi connectivity index (χ0n) is 16.4. The van der Waals surface area contributed by atoms with Crippen molar-refractivity contribution in [3.05, 3.63) is 47.0 Å². The van der Waals surface area contributed by atoms with Crippen LogP contribution in [0.15, 0.2) is 24.3 Å². The highest BCUT2D eigenvalue weighted by Gasteiger charge is 2.17. The number of nitrogens with one attached hydrogen (secondary N) is 1. The van der Waals surface area contributed by atoms with Crippen molar-refractivity contribution in [3.63, 3.8) is 0 Å². The predicted octanol–water partition coefficient (Wildman–Crippen LogP) is 1.49. The summed E-state index contributed by atoms with van der Waals surface area (Å²) in [6, 6.07) is 5.58. The van der Waals surface area contributed by atoms with E-state index in [2.05, 4.69) is 20.4 Å². The van der Waals surface area contributed by atoms with Crippen molar-refractivity contribution in [2.45, 2.75) is 26.7 Å². The lowest BCUT2D eigenvalue weighted by atomic mass is 10.1.